The van der Waals surface area contributed by atoms with Gasteiger partial charge in [0.25, 0.3) is 0 Å². The van der Waals surface area contributed by atoms with Crippen molar-refractivity contribution in [1.29, 1.82) is 0 Å². The molecule has 0 spiro atoms. The highest BCUT2D eigenvalue weighted by Crippen LogP contribution is 2.42. The Labute approximate surface area is 192 Å². The van der Waals surface area contributed by atoms with E-state index >= 15 is 0 Å². The molecule has 1 heterocycles. The van der Waals surface area contributed by atoms with Gasteiger partial charge in [-0.2, -0.15) is 13.2 Å². The smallest absolute Gasteiger partial charge is 0.418 e. The quantitative estimate of drug-likeness (QED) is 0.549. The number of halogens is 3. The molecule has 0 fully saturated rings. The number of hydrogen-bond donors (Lipinski definition) is 2. The van der Waals surface area contributed by atoms with Crippen LogP contribution >= 0.6 is 0 Å². The summed E-state index contributed by atoms with van der Waals surface area (Å²) in [5.41, 5.74) is -3.58. The minimum atomic E-state index is -4.89. The maximum absolute atomic E-state index is 13.9. The van der Waals surface area contributed by atoms with Crippen molar-refractivity contribution in [2.45, 2.75) is 70.3 Å². The molecule has 5 nitrogen and oxygen atoms in total. The molecule has 2 aromatic rings. The van der Waals surface area contributed by atoms with Crippen molar-refractivity contribution in [1.82, 2.24) is 4.98 Å². The van der Waals surface area contributed by atoms with Crippen LogP contribution in [0.4, 0.5) is 23.7 Å². The van der Waals surface area contributed by atoms with E-state index in [2.05, 4.69) is 22.1 Å². The molecule has 1 aromatic carbocycles. The van der Waals surface area contributed by atoms with Gasteiger partial charge in [0, 0.05) is 12.6 Å². The largest absolute Gasteiger partial charge is 0.444 e. The third-order valence-corrected chi connectivity index (χ3v) is 4.88. The van der Waals surface area contributed by atoms with E-state index < -0.39 is 41.7 Å². The minimum absolute atomic E-state index is 0.194. The van der Waals surface area contributed by atoms with Crippen molar-refractivity contribution < 1.29 is 27.8 Å². The first-order valence-corrected chi connectivity index (χ1v) is 10.4. The van der Waals surface area contributed by atoms with Crippen LogP contribution in [0.3, 0.4) is 0 Å². The molecule has 1 aromatic heterocycles. The first-order chi connectivity index (χ1) is 15.1. The third-order valence-electron chi connectivity index (χ3n) is 4.88. The van der Waals surface area contributed by atoms with Gasteiger partial charge in [0.15, 0.2) is 5.60 Å². The fourth-order valence-electron chi connectivity index (χ4n) is 3.29. The predicted octanol–water partition coefficient (Wildman–Crippen LogP) is 5.83. The van der Waals surface area contributed by atoms with Gasteiger partial charge in [-0.25, -0.2) is 4.79 Å². The van der Waals surface area contributed by atoms with Crippen LogP contribution in [-0.4, -0.2) is 33.6 Å². The zero-order valence-electron chi connectivity index (χ0n) is 19.4. The van der Waals surface area contributed by atoms with Crippen LogP contribution < -0.4 is 5.32 Å². The Hall–Kier alpha value is -3.05. The van der Waals surface area contributed by atoms with Crippen molar-refractivity contribution in [2.75, 3.05) is 5.32 Å². The number of anilines is 1. The SMILES string of the molecule is CC(C)(C)OC(=O)Nc1cnccc1C#CCC(O)(CC(C)(C)c1ccccc1)C(F)(F)F. The van der Waals surface area contributed by atoms with Gasteiger partial charge in [-0.15, -0.1) is 0 Å². The number of alkyl halides is 3. The Morgan fingerprint density at radius 1 is 1.09 bits per heavy atom. The van der Waals surface area contributed by atoms with Gasteiger partial charge in [0.05, 0.1) is 17.4 Å². The molecule has 0 aliphatic rings. The van der Waals surface area contributed by atoms with E-state index in [4.69, 9.17) is 4.74 Å². The summed E-state index contributed by atoms with van der Waals surface area (Å²) in [6, 6.07) is 10.2. The highest BCUT2D eigenvalue weighted by Gasteiger charge is 2.55. The summed E-state index contributed by atoms with van der Waals surface area (Å²) in [5, 5.41) is 13.1. The molecule has 1 amide bonds. The number of aromatic nitrogens is 1. The van der Waals surface area contributed by atoms with Crippen LogP contribution in [0.15, 0.2) is 48.8 Å². The number of nitrogens with one attached hydrogen (secondary N) is 1. The summed E-state index contributed by atoms with van der Waals surface area (Å²) >= 11 is 0. The van der Waals surface area contributed by atoms with E-state index in [0.717, 1.165) is 0 Å². The van der Waals surface area contributed by atoms with E-state index in [1.165, 1.54) is 18.5 Å². The van der Waals surface area contributed by atoms with Crippen LogP contribution in [-0.2, 0) is 10.2 Å². The zero-order chi connectivity index (χ0) is 24.9. The van der Waals surface area contributed by atoms with Gasteiger partial charge in [-0.05, 0) is 44.2 Å². The predicted molar refractivity (Wildman–Crippen MR) is 121 cm³/mol. The van der Waals surface area contributed by atoms with Gasteiger partial charge < -0.3 is 9.84 Å². The topological polar surface area (TPSA) is 71.5 Å². The zero-order valence-corrected chi connectivity index (χ0v) is 19.4. The van der Waals surface area contributed by atoms with Crippen molar-refractivity contribution in [3.63, 3.8) is 0 Å². The lowest BCUT2D eigenvalue weighted by atomic mass is 9.74. The van der Waals surface area contributed by atoms with Crippen molar-refractivity contribution in [3.05, 3.63) is 59.9 Å². The molecule has 0 aliphatic carbocycles. The Kier molecular flexibility index (Phi) is 7.81. The van der Waals surface area contributed by atoms with Gasteiger partial charge in [-0.1, -0.05) is 56.0 Å². The summed E-state index contributed by atoms with van der Waals surface area (Å²) in [4.78, 5) is 15.9. The van der Waals surface area contributed by atoms with E-state index in [1.807, 2.05) is 0 Å². The molecule has 0 radical (unpaired) electrons. The molecule has 0 saturated carbocycles. The number of nitrogens with zero attached hydrogens (tertiary/aromatic N) is 1. The molecule has 1 atom stereocenters. The summed E-state index contributed by atoms with van der Waals surface area (Å²) in [7, 11) is 0. The number of amides is 1. The Morgan fingerprint density at radius 2 is 1.73 bits per heavy atom. The molecule has 0 bridgehead atoms. The lowest BCUT2D eigenvalue weighted by Gasteiger charge is -2.37. The monoisotopic (exact) mass is 462 g/mol. The van der Waals surface area contributed by atoms with E-state index in [1.54, 1.807) is 65.0 Å². The molecular weight excluding hydrogens is 433 g/mol. The van der Waals surface area contributed by atoms with E-state index in [9.17, 15) is 23.1 Å². The second-order valence-corrected chi connectivity index (χ2v) is 9.48. The van der Waals surface area contributed by atoms with E-state index in [-0.39, 0.29) is 11.3 Å². The highest BCUT2D eigenvalue weighted by atomic mass is 19.4. The average molecular weight is 463 g/mol. The molecule has 2 N–H and O–H groups in total. The van der Waals surface area contributed by atoms with Gasteiger partial charge in [-0.3, -0.25) is 10.3 Å². The molecule has 0 saturated heterocycles. The van der Waals surface area contributed by atoms with Crippen molar-refractivity contribution in [2.24, 2.45) is 0 Å². The normalized spacial score (nSPS) is 14.0. The second-order valence-electron chi connectivity index (χ2n) is 9.48. The lowest BCUT2D eigenvalue weighted by molar-refractivity contribution is -0.264. The minimum Gasteiger partial charge on any atom is -0.444 e. The van der Waals surface area contributed by atoms with Crippen LogP contribution in [0.5, 0.6) is 0 Å². The van der Waals surface area contributed by atoms with Gasteiger partial charge in [0.2, 0.25) is 0 Å². The van der Waals surface area contributed by atoms with E-state index in [0.29, 0.717) is 5.56 Å². The maximum atomic E-state index is 13.9. The number of carbonyl (C=O) groups is 1. The van der Waals surface area contributed by atoms with Crippen LogP contribution in [0.25, 0.3) is 0 Å². The second kappa shape index (κ2) is 9.84. The Morgan fingerprint density at radius 3 is 2.30 bits per heavy atom. The Balaban J connectivity index is 2.26. The van der Waals surface area contributed by atoms with Gasteiger partial charge in [0.1, 0.15) is 5.60 Å². The molecule has 8 heteroatoms. The number of ether oxygens (including phenoxy) is 1. The number of carbonyl (C=O) groups excluding carboxylic acids is 1. The fraction of sp³-hybridized carbons (Fsp3) is 0.440. The first-order valence-electron chi connectivity index (χ1n) is 10.4. The summed E-state index contributed by atoms with van der Waals surface area (Å²) in [6.45, 7) is 8.40. The van der Waals surface area contributed by atoms with Crippen molar-refractivity contribution in [3.8, 4) is 11.8 Å². The number of pyridine rings is 1. The van der Waals surface area contributed by atoms with Crippen molar-refractivity contribution >= 4 is 11.8 Å². The third kappa shape index (κ3) is 7.50. The fourth-order valence-corrected chi connectivity index (χ4v) is 3.29. The van der Waals surface area contributed by atoms with Crippen LogP contribution in [0, 0.1) is 11.8 Å². The number of aliphatic hydroxyl groups is 1. The Bertz CT molecular complexity index is 1020. The summed E-state index contributed by atoms with van der Waals surface area (Å²) in [5.74, 6) is 5.06. The first kappa shape index (κ1) is 26.2. The lowest BCUT2D eigenvalue weighted by Crippen LogP contribution is -2.48. The summed E-state index contributed by atoms with van der Waals surface area (Å²) < 4.78 is 46.8. The number of benzene rings is 1. The number of rotatable bonds is 5. The molecule has 1 unspecified atom stereocenters. The number of hydrogen-bond acceptors (Lipinski definition) is 4. The standard InChI is InChI=1S/C25H29F3N2O3/c1-22(2,3)33-21(31)30-20-16-29-15-13-18(20)10-9-14-24(32,25(26,27)28)17-23(4,5)19-11-7-6-8-12-19/h6-8,11-13,15-16,32H,14,17H2,1-5H3,(H,30,31). The molecule has 178 valence electrons. The molecular formula is C25H29F3N2O3. The van der Waals surface area contributed by atoms with Gasteiger partial charge >= 0.3 is 12.3 Å². The maximum Gasteiger partial charge on any atom is 0.418 e. The average Bonchev–Trinajstić information content (AvgIpc) is 2.67. The molecule has 0 aliphatic heterocycles. The highest BCUT2D eigenvalue weighted by molar-refractivity contribution is 5.86. The van der Waals surface area contributed by atoms with Crippen LogP contribution in [0.1, 0.15) is 58.6 Å². The van der Waals surface area contributed by atoms with Crippen LogP contribution in [0.2, 0.25) is 0 Å². The summed E-state index contributed by atoms with van der Waals surface area (Å²) in [6.07, 6.45) is -4.30. The molecule has 33 heavy (non-hydrogen) atoms. The molecule has 2 rings (SSSR count).